The number of hydrogen-bond donors (Lipinski definition) is 1. The van der Waals surface area contributed by atoms with Gasteiger partial charge in [-0.15, -0.1) is 21.5 Å². The van der Waals surface area contributed by atoms with E-state index in [-0.39, 0.29) is 18.2 Å². The molecule has 0 bridgehead atoms. The molecule has 7 nitrogen and oxygen atoms in total. The number of thiophene rings is 1. The van der Waals surface area contributed by atoms with Gasteiger partial charge in [0.2, 0.25) is 5.91 Å². The summed E-state index contributed by atoms with van der Waals surface area (Å²) in [6, 6.07) is 3.92. The van der Waals surface area contributed by atoms with Crippen molar-refractivity contribution in [3.05, 3.63) is 17.5 Å². The smallest absolute Gasteiger partial charge is 0.325 e. The molecule has 1 N–H and O–H groups in total. The number of esters is 1. The highest BCUT2D eigenvalue weighted by atomic mass is 32.2. The van der Waals surface area contributed by atoms with Gasteiger partial charge in [-0.3, -0.25) is 9.59 Å². The number of hydrogen-bond acceptors (Lipinski definition) is 7. The first-order valence-electron chi connectivity index (χ1n) is 6.60. The molecule has 0 fully saturated rings. The molecule has 2 rings (SSSR count). The Bertz CT molecular complexity index is 640. The van der Waals surface area contributed by atoms with Crippen molar-refractivity contribution in [3.8, 4) is 10.7 Å². The number of aromatic nitrogens is 3. The van der Waals surface area contributed by atoms with E-state index in [1.54, 1.807) is 18.3 Å². The van der Waals surface area contributed by atoms with Gasteiger partial charge in [-0.05, 0) is 18.4 Å². The van der Waals surface area contributed by atoms with Gasteiger partial charge in [0, 0.05) is 7.05 Å². The van der Waals surface area contributed by atoms with E-state index in [9.17, 15) is 9.59 Å². The highest BCUT2D eigenvalue weighted by molar-refractivity contribution is 7.99. The largest absolute Gasteiger partial charge is 0.465 e. The van der Waals surface area contributed by atoms with Crippen molar-refractivity contribution in [2.24, 2.45) is 7.05 Å². The first-order chi connectivity index (χ1) is 10.6. The van der Waals surface area contributed by atoms with Gasteiger partial charge in [-0.2, -0.15) is 0 Å². The van der Waals surface area contributed by atoms with E-state index in [0.717, 1.165) is 10.7 Å². The molecule has 0 aliphatic rings. The lowest BCUT2D eigenvalue weighted by Crippen LogP contribution is -2.31. The molecule has 0 saturated heterocycles. The number of rotatable bonds is 7. The van der Waals surface area contributed by atoms with E-state index in [4.69, 9.17) is 4.74 Å². The van der Waals surface area contributed by atoms with Gasteiger partial charge in [-0.25, -0.2) is 0 Å². The van der Waals surface area contributed by atoms with Crippen LogP contribution in [0.15, 0.2) is 22.7 Å². The van der Waals surface area contributed by atoms with Crippen LogP contribution in [0.3, 0.4) is 0 Å². The Balaban J connectivity index is 1.85. The van der Waals surface area contributed by atoms with Gasteiger partial charge < -0.3 is 14.6 Å². The number of nitrogens with one attached hydrogen (secondary N) is 1. The molecule has 0 aliphatic carbocycles. The molecule has 2 aromatic rings. The Morgan fingerprint density at radius 2 is 2.27 bits per heavy atom. The molecule has 1 amide bonds. The monoisotopic (exact) mass is 340 g/mol. The molecule has 0 spiro atoms. The zero-order valence-corrected chi connectivity index (χ0v) is 13.9. The summed E-state index contributed by atoms with van der Waals surface area (Å²) >= 11 is 2.85. The predicted octanol–water partition coefficient (Wildman–Crippen LogP) is 1.31. The molecule has 22 heavy (non-hydrogen) atoms. The fourth-order valence-electron chi connectivity index (χ4n) is 1.62. The van der Waals surface area contributed by atoms with E-state index < -0.39 is 5.97 Å². The molecule has 0 unspecified atom stereocenters. The second-order valence-electron chi connectivity index (χ2n) is 4.21. The van der Waals surface area contributed by atoms with Crippen molar-refractivity contribution < 1.29 is 14.3 Å². The summed E-state index contributed by atoms with van der Waals surface area (Å²) in [5, 5.41) is 13.3. The molecule has 2 heterocycles. The van der Waals surface area contributed by atoms with Gasteiger partial charge in [-0.1, -0.05) is 17.8 Å². The molecule has 0 atom stereocenters. The van der Waals surface area contributed by atoms with E-state index in [0.29, 0.717) is 11.8 Å². The molecule has 118 valence electrons. The minimum absolute atomic E-state index is 0.119. The third kappa shape index (κ3) is 4.31. The van der Waals surface area contributed by atoms with Crippen LogP contribution in [0.1, 0.15) is 6.92 Å². The zero-order chi connectivity index (χ0) is 15.9. The molecule has 0 radical (unpaired) electrons. The highest BCUT2D eigenvalue weighted by Gasteiger charge is 2.13. The van der Waals surface area contributed by atoms with Gasteiger partial charge >= 0.3 is 5.97 Å². The third-order valence-electron chi connectivity index (χ3n) is 2.64. The summed E-state index contributed by atoms with van der Waals surface area (Å²) in [5.74, 6) is 0.234. The van der Waals surface area contributed by atoms with Gasteiger partial charge in [0.15, 0.2) is 11.0 Å². The van der Waals surface area contributed by atoms with Crippen LogP contribution in [0.5, 0.6) is 0 Å². The van der Waals surface area contributed by atoms with E-state index in [1.807, 2.05) is 29.1 Å². The van der Waals surface area contributed by atoms with Crippen molar-refractivity contribution in [3.63, 3.8) is 0 Å². The fourth-order valence-corrected chi connectivity index (χ4v) is 3.11. The van der Waals surface area contributed by atoms with Crippen LogP contribution in [-0.2, 0) is 21.4 Å². The number of amides is 1. The van der Waals surface area contributed by atoms with Crippen LogP contribution in [0, 0.1) is 0 Å². The average molecular weight is 340 g/mol. The van der Waals surface area contributed by atoms with Gasteiger partial charge in [0.1, 0.15) is 6.54 Å². The van der Waals surface area contributed by atoms with Crippen molar-refractivity contribution in [1.29, 1.82) is 0 Å². The minimum Gasteiger partial charge on any atom is -0.465 e. The van der Waals surface area contributed by atoms with Gasteiger partial charge in [0.25, 0.3) is 0 Å². The Morgan fingerprint density at radius 1 is 1.45 bits per heavy atom. The summed E-state index contributed by atoms with van der Waals surface area (Å²) in [6.45, 7) is 1.90. The van der Waals surface area contributed by atoms with Crippen LogP contribution in [0.2, 0.25) is 0 Å². The zero-order valence-electron chi connectivity index (χ0n) is 12.2. The van der Waals surface area contributed by atoms with Crippen molar-refractivity contribution in [2.45, 2.75) is 12.1 Å². The number of carbonyl (C=O) groups excluding carboxylic acids is 2. The quantitative estimate of drug-likeness (QED) is 0.604. The predicted molar refractivity (Wildman–Crippen MR) is 84.7 cm³/mol. The number of ether oxygens (including phenoxy) is 1. The SMILES string of the molecule is CCOC(=O)CNC(=O)CSc1nnc(-c2cccs2)n1C. The normalized spacial score (nSPS) is 10.5. The average Bonchev–Trinajstić information content (AvgIpc) is 3.13. The van der Waals surface area contributed by atoms with Crippen molar-refractivity contribution >= 4 is 35.0 Å². The lowest BCUT2D eigenvalue weighted by molar-refractivity contribution is -0.143. The maximum absolute atomic E-state index is 11.7. The van der Waals surface area contributed by atoms with Crippen LogP contribution in [0.25, 0.3) is 10.7 Å². The summed E-state index contributed by atoms with van der Waals surface area (Å²) < 4.78 is 6.58. The second kappa shape index (κ2) is 7.95. The second-order valence-corrected chi connectivity index (χ2v) is 6.10. The van der Waals surface area contributed by atoms with Crippen molar-refractivity contribution in [2.75, 3.05) is 18.9 Å². The lowest BCUT2D eigenvalue weighted by Gasteiger charge is -2.05. The minimum atomic E-state index is -0.445. The topological polar surface area (TPSA) is 86.1 Å². The maximum atomic E-state index is 11.7. The van der Waals surface area contributed by atoms with Gasteiger partial charge in [0.05, 0.1) is 17.2 Å². The third-order valence-corrected chi connectivity index (χ3v) is 4.53. The van der Waals surface area contributed by atoms with Crippen LogP contribution in [0.4, 0.5) is 0 Å². The van der Waals surface area contributed by atoms with Crippen molar-refractivity contribution in [1.82, 2.24) is 20.1 Å². The number of thioether (sulfide) groups is 1. The first kappa shape index (κ1) is 16.5. The summed E-state index contributed by atoms with van der Waals surface area (Å²) in [4.78, 5) is 23.8. The fraction of sp³-hybridized carbons (Fsp3) is 0.385. The molecule has 9 heteroatoms. The summed E-state index contributed by atoms with van der Waals surface area (Å²) in [7, 11) is 1.86. The Morgan fingerprint density at radius 3 is 2.95 bits per heavy atom. The molecular formula is C13H16N4O3S2. The lowest BCUT2D eigenvalue weighted by atomic mass is 10.4. The summed E-state index contributed by atoms with van der Waals surface area (Å²) in [5.41, 5.74) is 0. The number of nitrogens with zero attached hydrogens (tertiary/aromatic N) is 3. The number of carbonyl (C=O) groups is 2. The standard InChI is InChI=1S/C13H16N4O3S2/c1-3-20-11(19)7-14-10(18)8-22-13-16-15-12(17(13)2)9-5-4-6-21-9/h4-6H,3,7-8H2,1-2H3,(H,14,18). The molecule has 2 aromatic heterocycles. The van der Waals surface area contributed by atoms with Crippen LogP contribution in [-0.4, -0.2) is 45.5 Å². The van der Waals surface area contributed by atoms with Crippen LogP contribution >= 0.6 is 23.1 Å². The van der Waals surface area contributed by atoms with E-state index in [1.165, 1.54) is 11.8 Å². The molecule has 0 aromatic carbocycles. The Kier molecular flexibility index (Phi) is 5.96. The Labute approximate surface area is 136 Å². The maximum Gasteiger partial charge on any atom is 0.325 e. The van der Waals surface area contributed by atoms with E-state index in [2.05, 4.69) is 15.5 Å². The highest BCUT2D eigenvalue weighted by Crippen LogP contribution is 2.25. The molecule has 0 saturated carbocycles. The first-order valence-corrected chi connectivity index (χ1v) is 8.46. The summed E-state index contributed by atoms with van der Waals surface area (Å²) in [6.07, 6.45) is 0. The Hall–Kier alpha value is -1.87. The molecule has 0 aliphatic heterocycles. The van der Waals surface area contributed by atoms with Crippen LogP contribution < -0.4 is 5.32 Å². The molecular weight excluding hydrogens is 324 g/mol. The van der Waals surface area contributed by atoms with E-state index >= 15 is 0 Å².